The van der Waals surface area contributed by atoms with E-state index in [0.717, 1.165) is 47.1 Å². The third kappa shape index (κ3) is 3.75. The van der Waals surface area contributed by atoms with Crippen molar-refractivity contribution in [3.63, 3.8) is 0 Å². The van der Waals surface area contributed by atoms with Crippen molar-refractivity contribution in [3.8, 4) is 11.4 Å². The van der Waals surface area contributed by atoms with Crippen LogP contribution in [0.4, 0.5) is 5.82 Å². The molecule has 3 aromatic heterocycles. The van der Waals surface area contributed by atoms with Gasteiger partial charge in [0, 0.05) is 25.0 Å². The van der Waals surface area contributed by atoms with Crippen LogP contribution in [0.25, 0.3) is 22.6 Å². The summed E-state index contributed by atoms with van der Waals surface area (Å²) in [5, 5.41) is 6.97. The number of nitrogens with one attached hydrogen (secondary N) is 2. The average Bonchev–Trinajstić information content (AvgIpc) is 3.12. The van der Waals surface area contributed by atoms with E-state index in [1.807, 2.05) is 37.5 Å². The van der Waals surface area contributed by atoms with Crippen LogP contribution in [0.1, 0.15) is 25.3 Å². The zero-order valence-corrected chi connectivity index (χ0v) is 15.5. The Balaban J connectivity index is 1.63. The van der Waals surface area contributed by atoms with Crippen LogP contribution in [-0.4, -0.2) is 40.2 Å². The van der Waals surface area contributed by atoms with E-state index in [1.54, 1.807) is 6.20 Å². The SMILES string of the molecule is C=N/C=C(\C)c1ccn2c(-c3cccc(N[C@@H]4CCCNC4)n3)cnc2c1. The highest BCUT2D eigenvalue weighted by atomic mass is 15.1. The maximum absolute atomic E-state index is 4.81. The van der Waals surface area contributed by atoms with E-state index in [-0.39, 0.29) is 0 Å². The minimum atomic E-state index is 0.430. The molecule has 0 bridgehead atoms. The van der Waals surface area contributed by atoms with Gasteiger partial charge in [-0.25, -0.2) is 9.97 Å². The van der Waals surface area contributed by atoms with E-state index in [4.69, 9.17) is 4.98 Å². The third-order valence-electron chi connectivity index (χ3n) is 4.91. The molecule has 1 aliphatic rings. The lowest BCUT2D eigenvalue weighted by Gasteiger charge is -2.24. The van der Waals surface area contributed by atoms with Gasteiger partial charge in [-0.3, -0.25) is 9.39 Å². The van der Waals surface area contributed by atoms with Crippen molar-refractivity contribution in [1.29, 1.82) is 0 Å². The van der Waals surface area contributed by atoms with Crippen LogP contribution in [0.5, 0.6) is 0 Å². The fourth-order valence-corrected chi connectivity index (χ4v) is 3.47. The van der Waals surface area contributed by atoms with E-state index in [9.17, 15) is 0 Å². The Bertz CT molecular complexity index is 981. The predicted molar refractivity (Wildman–Crippen MR) is 111 cm³/mol. The Labute approximate surface area is 159 Å². The summed E-state index contributed by atoms with van der Waals surface area (Å²) in [4.78, 5) is 13.2. The first-order valence-electron chi connectivity index (χ1n) is 9.29. The van der Waals surface area contributed by atoms with Crippen molar-refractivity contribution in [2.24, 2.45) is 4.99 Å². The summed E-state index contributed by atoms with van der Waals surface area (Å²) in [5.41, 5.74) is 4.91. The average molecular weight is 360 g/mol. The molecule has 6 nitrogen and oxygen atoms in total. The Hall–Kier alpha value is -2.99. The molecule has 0 amide bonds. The van der Waals surface area contributed by atoms with Gasteiger partial charge >= 0.3 is 0 Å². The molecule has 4 heterocycles. The number of piperidine rings is 1. The summed E-state index contributed by atoms with van der Waals surface area (Å²) >= 11 is 0. The molecule has 0 unspecified atom stereocenters. The molecule has 1 atom stereocenters. The van der Waals surface area contributed by atoms with Crippen molar-refractivity contribution in [2.75, 3.05) is 18.4 Å². The number of pyridine rings is 2. The van der Waals surface area contributed by atoms with Gasteiger partial charge in [0.25, 0.3) is 0 Å². The first kappa shape index (κ1) is 17.4. The summed E-state index contributed by atoms with van der Waals surface area (Å²) < 4.78 is 2.06. The van der Waals surface area contributed by atoms with Gasteiger partial charge in [0.15, 0.2) is 0 Å². The summed E-state index contributed by atoms with van der Waals surface area (Å²) in [6.07, 6.45) is 8.02. The molecule has 27 heavy (non-hydrogen) atoms. The first-order chi connectivity index (χ1) is 13.2. The number of aromatic nitrogens is 3. The molecule has 1 aliphatic heterocycles. The van der Waals surface area contributed by atoms with Gasteiger partial charge in [0.05, 0.1) is 17.6 Å². The highest BCUT2D eigenvalue weighted by Crippen LogP contribution is 2.23. The van der Waals surface area contributed by atoms with Gasteiger partial charge in [0.1, 0.15) is 11.5 Å². The zero-order chi connectivity index (χ0) is 18.6. The van der Waals surface area contributed by atoms with Crippen LogP contribution in [0.15, 0.2) is 53.9 Å². The van der Waals surface area contributed by atoms with Crippen molar-refractivity contribution in [2.45, 2.75) is 25.8 Å². The maximum atomic E-state index is 4.81. The monoisotopic (exact) mass is 360 g/mol. The van der Waals surface area contributed by atoms with Gasteiger partial charge in [-0.05, 0) is 68.4 Å². The second kappa shape index (κ2) is 7.72. The second-order valence-corrected chi connectivity index (χ2v) is 6.88. The molecule has 0 aliphatic carbocycles. The molecular formula is C21H24N6. The number of hydrogen-bond acceptors (Lipinski definition) is 5. The van der Waals surface area contributed by atoms with Crippen LogP contribution in [0.2, 0.25) is 0 Å². The van der Waals surface area contributed by atoms with Gasteiger partial charge < -0.3 is 10.6 Å². The van der Waals surface area contributed by atoms with Crippen molar-refractivity contribution >= 4 is 23.8 Å². The smallest absolute Gasteiger partial charge is 0.137 e. The lowest BCUT2D eigenvalue weighted by molar-refractivity contribution is 0.479. The quantitative estimate of drug-likeness (QED) is 0.682. The number of fused-ring (bicyclic) bond motifs is 1. The lowest BCUT2D eigenvalue weighted by Crippen LogP contribution is -2.38. The second-order valence-electron chi connectivity index (χ2n) is 6.88. The molecule has 0 radical (unpaired) electrons. The zero-order valence-electron chi connectivity index (χ0n) is 15.5. The molecule has 138 valence electrons. The summed E-state index contributed by atoms with van der Waals surface area (Å²) in [5.74, 6) is 0.906. The number of allylic oxidation sites excluding steroid dienone is 1. The summed E-state index contributed by atoms with van der Waals surface area (Å²) in [6.45, 7) is 7.62. The molecule has 0 saturated carbocycles. The first-order valence-corrected chi connectivity index (χ1v) is 9.29. The van der Waals surface area contributed by atoms with E-state index in [2.05, 4.69) is 43.9 Å². The molecular weight excluding hydrogens is 336 g/mol. The number of imidazole rings is 1. The van der Waals surface area contributed by atoms with Gasteiger partial charge in [-0.1, -0.05) is 6.07 Å². The van der Waals surface area contributed by atoms with Crippen LogP contribution >= 0.6 is 0 Å². The van der Waals surface area contributed by atoms with Crippen LogP contribution in [0.3, 0.4) is 0 Å². The summed E-state index contributed by atoms with van der Waals surface area (Å²) in [7, 11) is 0. The topological polar surface area (TPSA) is 66.6 Å². The third-order valence-corrected chi connectivity index (χ3v) is 4.91. The number of hydrogen-bond donors (Lipinski definition) is 2. The lowest BCUT2D eigenvalue weighted by atomic mass is 10.1. The minimum absolute atomic E-state index is 0.430. The van der Waals surface area contributed by atoms with Crippen molar-refractivity contribution in [3.05, 3.63) is 54.5 Å². The van der Waals surface area contributed by atoms with Crippen LogP contribution < -0.4 is 10.6 Å². The number of anilines is 1. The van der Waals surface area contributed by atoms with Crippen LogP contribution in [-0.2, 0) is 0 Å². The van der Waals surface area contributed by atoms with Crippen molar-refractivity contribution in [1.82, 2.24) is 19.7 Å². The molecule has 0 aromatic carbocycles. The molecule has 1 saturated heterocycles. The molecule has 4 rings (SSSR count). The largest absolute Gasteiger partial charge is 0.366 e. The maximum Gasteiger partial charge on any atom is 0.137 e. The fraction of sp³-hybridized carbons (Fsp3) is 0.286. The molecule has 2 N–H and O–H groups in total. The molecule has 3 aromatic rings. The number of nitrogens with zero attached hydrogens (tertiary/aromatic N) is 4. The van der Waals surface area contributed by atoms with Crippen molar-refractivity contribution < 1.29 is 0 Å². The van der Waals surface area contributed by atoms with E-state index >= 15 is 0 Å². The molecule has 0 spiro atoms. The molecule has 6 heteroatoms. The van der Waals surface area contributed by atoms with E-state index in [1.165, 1.54) is 12.8 Å². The Morgan fingerprint density at radius 2 is 2.33 bits per heavy atom. The molecule has 1 fully saturated rings. The van der Waals surface area contributed by atoms with Gasteiger partial charge in [0.2, 0.25) is 0 Å². The van der Waals surface area contributed by atoms with Crippen LogP contribution in [0, 0.1) is 0 Å². The van der Waals surface area contributed by atoms with E-state index in [0.29, 0.717) is 6.04 Å². The minimum Gasteiger partial charge on any atom is -0.366 e. The highest BCUT2D eigenvalue weighted by molar-refractivity contribution is 5.69. The summed E-state index contributed by atoms with van der Waals surface area (Å²) in [6, 6.07) is 10.6. The Morgan fingerprint density at radius 1 is 1.41 bits per heavy atom. The number of rotatable bonds is 5. The fourth-order valence-electron chi connectivity index (χ4n) is 3.47. The number of aliphatic imine (C=N–C) groups is 1. The standard InChI is InChI=1S/C21H24N6/c1-15(12-22-2)16-8-10-27-19(14-24-21(27)11-16)18-6-3-7-20(26-18)25-17-5-4-9-23-13-17/h3,6-8,10-12,14,17,23H,2,4-5,9,13H2,1H3,(H,25,26)/b15-12+/t17-/m1/s1. The van der Waals surface area contributed by atoms with Gasteiger partial charge in [-0.15, -0.1) is 0 Å². The van der Waals surface area contributed by atoms with Gasteiger partial charge in [-0.2, -0.15) is 0 Å². The van der Waals surface area contributed by atoms with E-state index < -0.39 is 0 Å². The predicted octanol–water partition coefficient (Wildman–Crippen LogP) is 3.62. The highest BCUT2D eigenvalue weighted by Gasteiger charge is 2.14. The Kier molecular flexibility index (Phi) is 4.98. The Morgan fingerprint density at radius 3 is 3.15 bits per heavy atom. The normalized spacial score (nSPS) is 17.8.